The largest absolute Gasteiger partial charge is 0.394 e. The van der Waals surface area contributed by atoms with Gasteiger partial charge in [0.25, 0.3) is 0 Å². The predicted molar refractivity (Wildman–Crippen MR) is 105 cm³/mol. The Bertz CT molecular complexity index is 1030. The second kappa shape index (κ2) is 8.42. The fraction of sp³-hybridized carbons (Fsp3) is 0.368. The SMILES string of the molecule is N[C@@H](Cc1ccccc1)C(=O)Nc1ncnc2c1ncn2[C@@H]1O[C@H](CO)[C@@H](O)[C@H]1O. The highest BCUT2D eigenvalue weighted by molar-refractivity contribution is 5.99. The summed E-state index contributed by atoms with van der Waals surface area (Å²) < 4.78 is 6.94. The normalized spacial score (nSPS) is 24.8. The molecule has 1 fully saturated rings. The summed E-state index contributed by atoms with van der Waals surface area (Å²) in [6.45, 7) is -0.447. The summed E-state index contributed by atoms with van der Waals surface area (Å²) in [6, 6.07) is 8.61. The number of ether oxygens (including phenoxy) is 1. The van der Waals surface area contributed by atoms with E-state index in [2.05, 4.69) is 20.3 Å². The van der Waals surface area contributed by atoms with Crippen molar-refractivity contribution in [3.63, 3.8) is 0 Å². The minimum Gasteiger partial charge on any atom is -0.394 e. The van der Waals surface area contributed by atoms with E-state index >= 15 is 0 Å². The summed E-state index contributed by atoms with van der Waals surface area (Å²) in [5.41, 5.74) is 7.51. The number of carbonyl (C=O) groups excluding carboxylic acids is 1. The second-order valence-corrected chi connectivity index (χ2v) is 7.06. The monoisotopic (exact) mass is 414 g/mol. The Labute approximate surface area is 171 Å². The number of rotatable bonds is 6. The van der Waals surface area contributed by atoms with E-state index in [1.54, 1.807) is 0 Å². The number of nitrogens with one attached hydrogen (secondary N) is 1. The van der Waals surface area contributed by atoms with Crippen LogP contribution >= 0.6 is 0 Å². The Kier molecular flexibility index (Phi) is 5.70. The number of hydrogen-bond donors (Lipinski definition) is 5. The van der Waals surface area contributed by atoms with Gasteiger partial charge in [-0.25, -0.2) is 15.0 Å². The van der Waals surface area contributed by atoms with Gasteiger partial charge in [-0.2, -0.15) is 0 Å². The maximum atomic E-state index is 12.5. The molecule has 158 valence electrons. The number of aromatic nitrogens is 4. The first-order valence-corrected chi connectivity index (χ1v) is 9.40. The maximum Gasteiger partial charge on any atom is 0.242 e. The van der Waals surface area contributed by atoms with Crippen LogP contribution in [0, 0.1) is 0 Å². The van der Waals surface area contributed by atoms with Crippen LogP contribution in [0.25, 0.3) is 11.2 Å². The van der Waals surface area contributed by atoms with Gasteiger partial charge >= 0.3 is 0 Å². The van der Waals surface area contributed by atoms with Crippen LogP contribution in [0.5, 0.6) is 0 Å². The molecule has 1 amide bonds. The number of imidazole rings is 1. The fourth-order valence-electron chi connectivity index (χ4n) is 3.41. The topological polar surface area (TPSA) is 169 Å². The summed E-state index contributed by atoms with van der Waals surface area (Å²) in [7, 11) is 0. The Hall–Kier alpha value is -2.96. The molecule has 1 aromatic carbocycles. The Morgan fingerprint density at radius 2 is 1.97 bits per heavy atom. The molecule has 1 aliphatic rings. The van der Waals surface area contributed by atoms with Crippen molar-refractivity contribution in [1.29, 1.82) is 0 Å². The number of anilines is 1. The third-order valence-electron chi connectivity index (χ3n) is 5.03. The van der Waals surface area contributed by atoms with Gasteiger partial charge < -0.3 is 31.1 Å². The van der Waals surface area contributed by atoms with Crippen LogP contribution in [0.3, 0.4) is 0 Å². The smallest absolute Gasteiger partial charge is 0.242 e. The van der Waals surface area contributed by atoms with Crippen LogP contribution < -0.4 is 11.1 Å². The molecule has 1 aliphatic heterocycles. The number of hydrogen-bond acceptors (Lipinski definition) is 9. The van der Waals surface area contributed by atoms with Crippen LogP contribution in [-0.2, 0) is 16.0 Å². The zero-order valence-corrected chi connectivity index (χ0v) is 15.9. The van der Waals surface area contributed by atoms with Gasteiger partial charge in [0.2, 0.25) is 5.91 Å². The first kappa shape index (κ1) is 20.3. The highest BCUT2D eigenvalue weighted by atomic mass is 16.6. The molecule has 2 aromatic heterocycles. The molecule has 0 bridgehead atoms. The zero-order valence-electron chi connectivity index (χ0n) is 15.9. The van der Waals surface area contributed by atoms with E-state index in [0.717, 1.165) is 5.56 Å². The lowest BCUT2D eigenvalue weighted by molar-refractivity contribution is -0.117. The minimum atomic E-state index is -1.29. The molecule has 30 heavy (non-hydrogen) atoms. The lowest BCUT2D eigenvalue weighted by atomic mass is 10.1. The van der Waals surface area contributed by atoms with Crippen molar-refractivity contribution in [1.82, 2.24) is 19.5 Å². The van der Waals surface area contributed by atoms with Crippen molar-refractivity contribution in [2.75, 3.05) is 11.9 Å². The van der Waals surface area contributed by atoms with Gasteiger partial charge in [-0.1, -0.05) is 30.3 Å². The number of benzene rings is 1. The maximum absolute atomic E-state index is 12.5. The summed E-state index contributed by atoms with van der Waals surface area (Å²) in [6.07, 6.45) is -1.52. The minimum absolute atomic E-state index is 0.166. The second-order valence-electron chi connectivity index (χ2n) is 7.06. The number of carbonyl (C=O) groups is 1. The molecule has 3 heterocycles. The molecular weight excluding hydrogens is 392 g/mol. The molecule has 0 radical (unpaired) electrons. The third kappa shape index (κ3) is 3.76. The number of amides is 1. The highest BCUT2D eigenvalue weighted by Gasteiger charge is 2.44. The number of nitrogens with zero attached hydrogens (tertiary/aromatic N) is 4. The molecule has 0 aliphatic carbocycles. The Morgan fingerprint density at radius 1 is 1.20 bits per heavy atom. The van der Waals surface area contributed by atoms with E-state index in [1.165, 1.54) is 17.2 Å². The quantitative estimate of drug-likeness (QED) is 0.338. The molecule has 11 nitrogen and oxygen atoms in total. The van der Waals surface area contributed by atoms with Gasteiger partial charge in [-0.15, -0.1) is 0 Å². The predicted octanol–water partition coefficient (Wildman–Crippen LogP) is -1.05. The standard InChI is InChI=1S/C19H22N6O5/c20-11(6-10-4-2-1-3-5-10)18(29)24-16-13-17(22-8-21-16)25(9-23-13)19-15(28)14(27)12(7-26)30-19/h1-5,8-9,11-12,14-15,19,26-28H,6-7,20H2,(H,21,22,24,29)/t11-,12+,14+,15+,19+/m0/s1. The zero-order chi connectivity index (χ0) is 21.3. The molecule has 4 rings (SSSR count). The van der Waals surface area contributed by atoms with Gasteiger partial charge in [0.05, 0.1) is 19.0 Å². The van der Waals surface area contributed by atoms with Gasteiger partial charge in [-0.3, -0.25) is 9.36 Å². The van der Waals surface area contributed by atoms with E-state index < -0.39 is 43.1 Å². The number of aliphatic hydroxyl groups is 3. The van der Waals surface area contributed by atoms with E-state index in [4.69, 9.17) is 10.5 Å². The molecule has 0 saturated carbocycles. The van der Waals surface area contributed by atoms with E-state index in [1.807, 2.05) is 30.3 Å². The highest BCUT2D eigenvalue weighted by Crippen LogP contribution is 2.32. The average molecular weight is 414 g/mol. The molecule has 0 spiro atoms. The third-order valence-corrected chi connectivity index (χ3v) is 5.03. The van der Waals surface area contributed by atoms with Crippen molar-refractivity contribution in [3.8, 4) is 0 Å². The number of fused-ring (bicyclic) bond motifs is 1. The summed E-state index contributed by atoms with van der Waals surface area (Å²) in [5.74, 6) is -0.264. The molecular formula is C19H22N6O5. The van der Waals surface area contributed by atoms with E-state index in [0.29, 0.717) is 6.42 Å². The summed E-state index contributed by atoms with van der Waals surface area (Å²) in [4.78, 5) is 25.0. The van der Waals surface area contributed by atoms with Crippen LogP contribution in [0.2, 0.25) is 0 Å². The average Bonchev–Trinajstić information content (AvgIpc) is 3.30. The Morgan fingerprint density at radius 3 is 2.67 bits per heavy atom. The van der Waals surface area contributed by atoms with Crippen molar-refractivity contribution in [3.05, 3.63) is 48.5 Å². The van der Waals surface area contributed by atoms with Crippen molar-refractivity contribution in [2.45, 2.75) is 37.0 Å². The first-order chi connectivity index (χ1) is 14.5. The van der Waals surface area contributed by atoms with E-state index in [9.17, 15) is 20.1 Å². The van der Waals surface area contributed by atoms with Crippen molar-refractivity contribution in [2.24, 2.45) is 5.73 Å². The fourth-order valence-corrected chi connectivity index (χ4v) is 3.41. The lowest BCUT2D eigenvalue weighted by Crippen LogP contribution is -2.37. The number of nitrogens with two attached hydrogens (primary N) is 1. The molecule has 11 heteroatoms. The van der Waals surface area contributed by atoms with Gasteiger partial charge in [-0.05, 0) is 12.0 Å². The Balaban J connectivity index is 1.54. The van der Waals surface area contributed by atoms with Gasteiger partial charge in [0, 0.05) is 0 Å². The van der Waals surface area contributed by atoms with Crippen LogP contribution in [-0.4, -0.2) is 71.7 Å². The molecule has 1 saturated heterocycles. The first-order valence-electron chi connectivity index (χ1n) is 9.40. The molecule has 6 N–H and O–H groups in total. The molecule has 3 aromatic rings. The van der Waals surface area contributed by atoms with Crippen LogP contribution in [0.1, 0.15) is 11.8 Å². The van der Waals surface area contributed by atoms with Gasteiger partial charge in [0.15, 0.2) is 23.2 Å². The van der Waals surface area contributed by atoms with Crippen LogP contribution in [0.4, 0.5) is 5.82 Å². The molecule has 5 atom stereocenters. The van der Waals surface area contributed by atoms with Gasteiger partial charge in [0.1, 0.15) is 24.6 Å². The summed E-state index contributed by atoms with van der Waals surface area (Å²) in [5, 5.41) is 32.2. The van der Waals surface area contributed by atoms with Crippen LogP contribution in [0.15, 0.2) is 43.0 Å². The van der Waals surface area contributed by atoms with Crippen molar-refractivity contribution < 1.29 is 24.9 Å². The van der Waals surface area contributed by atoms with Crippen molar-refractivity contribution >= 4 is 22.9 Å². The van der Waals surface area contributed by atoms with E-state index in [-0.39, 0.29) is 17.0 Å². The number of aliphatic hydroxyl groups excluding tert-OH is 3. The molecule has 0 unspecified atom stereocenters. The summed E-state index contributed by atoms with van der Waals surface area (Å²) >= 11 is 0. The lowest BCUT2D eigenvalue weighted by Gasteiger charge is -2.16.